The van der Waals surface area contributed by atoms with Gasteiger partial charge in [0.05, 0.1) is 6.10 Å². The topological polar surface area (TPSA) is 9.23 Å². The Labute approximate surface area is 81.9 Å². The molecule has 0 aliphatic rings. The van der Waals surface area contributed by atoms with Crippen LogP contribution in [0.3, 0.4) is 0 Å². The average Bonchev–Trinajstić information content (AvgIpc) is 2.14. The largest absolute Gasteiger partial charge is 0.365 e. The van der Waals surface area contributed by atoms with Crippen molar-refractivity contribution in [3.05, 3.63) is 0 Å². The first-order valence-electron chi connectivity index (χ1n) is 4.82. The van der Waals surface area contributed by atoms with E-state index in [1.54, 1.807) is 0 Å². The maximum absolute atomic E-state index is 5.26. The molecule has 0 aliphatic carbocycles. The molecule has 0 aromatic carbocycles. The van der Waals surface area contributed by atoms with Crippen LogP contribution < -0.4 is 0 Å². The molecule has 0 aromatic rings. The number of hydrogen-bond acceptors (Lipinski definition) is 1. The summed E-state index contributed by atoms with van der Waals surface area (Å²) >= 11 is 0. The molecule has 0 bridgehead atoms. The van der Waals surface area contributed by atoms with Crippen LogP contribution in [-0.2, 0) is 4.74 Å². The molecule has 1 nitrogen and oxygen atoms in total. The van der Waals surface area contributed by atoms with Crippen LogP contribution in [0.25, 0.3) is 0 Å². The zero-order valence-electron chi connectivity index (χ0n) is 8.60. The van der Waals surface area contributed by atoms with Gasteiger partial charge in [-0.05, 0) is 13.3 Å². The minimum absolute atomic E-state index is 0.158. The molecule has 0 heterocycles. The Morgan fingerprint density at radius 1 is 1.38 bits per heavy atom. The van der Waals surface area contributed by atoms with Crippen LogP contribution in [0.4, 0.5) is 0 Å². The Morgan fingerprint density at radius 2 is 2.15 bits per heavy atom. The summed E-state index contributed by atoms with van der Waals surface area (Å²) in [6.45, 7) is 4.55. The van der Waals surface area contributed by atoms with E-state index in [4.69, 9.17) is 11.2 Å². The molecular weight excluding hydrogens is 160 g/mol. The highest BCUT2D eigenvalue weighted by Gasteiger charge is 1.96. The number of ether oxygens (including phenoxy) is 1. The SMILES string of the molecule is C#CCO[C@@H](C)CC#CCCCC. The lowest BCUT2D eigenvalue weighted by Gasteiger charge is -2.05. The van der Waals surface area contributed by atoms with E-state index in [-0.39, 0.29) is 6.10 Å². The highest BCUT2D eigenvalue weighted by molar-refractivity contribution is 5.00. The fraction of sp³-hybridized carbons (Fsp3) is 0.667. The lowest BCUT2D eigenvalue weighted by Crippen LogP contribution is -2.06. The average molecular weight is 178 g/mol. The van der Waals surface area contributed by atoms with E-state index in [2.05, 4.69) is 24.7 Å². The Kier molecular flexibility index (Phi) is 8.52. The van der Waals surface area contributed by atoms with E-state index in [0.717, 1.165) is 12.8 Å². The van der Waals surface area contributed by atoms with Crippen LogP contribution >= 0.6 is 0 Å². The second-order valence-electron chi connectivity index (χ2n) is 2.99. The molecule has 0 saturated heterocycles. The van der Waals surface area contributed by atoms with E-state index in [9.17, 15) is 0 Å². The number of terminal acetylenes is 1. The molecule has 0 N–H and O–H groups in total. The van der Waals surface area contributed by atoms with Gasteiger partial charge in [0.1, 0.15) is 6.61 Å². The van der Waals surface area contributed by atoms with Crippen molar-refractivity contribution in [2.75, 3.05) is 6.61 Å². The van der Waals surface area contributed by atoms with Crippen LogP contribution in [0.15, 0.2) is 0 Å². The summed E-state index contributed by atoms with van der Waals surface area (Å²) in [7, 11) is 0. The first kappa shape index (κ1) is 12.1. The van der Waals surface area contributed by atoms with Gasteiger partial charge in [0.15, 0.2) is 0 Å². The molecule has 0 radical (unpaired) electrons. The minimum Gasteiger partial charge on any atom is -0.365 e. The smallest absolute Gasteiger partial charge is 0.107 e. The van der Waals surface area contributed by atoms with Crippen molar-refractivity contribution < 1.29 is 4.74 Å². The molecule has 13 heavy (non-hydrogen) atoms. The second-order valence-corrected chi connectivity index (χ2v) is 2.99. The van der Waals surface area contributed by atoms with Gasteiger partial charge in [0, 0.05) is 12.8 Å². The summed E-state index contributed by atoms with van der Waals surface area (Å²) in [4.78, 5) is 0. The van der Waals surface area contributed by atoms with Crippen LogP contribution in [0.5, 0.6) is 0 Å². The lowest BCUT2D eigenvalue weighted by atomic mass is 10.2. The Hall–Kier alpha value is -0.920. The normalized spacial score (nSPS) is 11.2. The molecule has 1 atom stereocenters. The molecule has 0 fully saturated rings. The van der Waals surface area contributed by atoms with Gasteiger partial charge in [0.2, 0.25) is 0 Å². The predicted molar refractivity (Wildman–Crippen MR) is 56.2 cm³/mol. The predicted octanol–water partition coefficient (Wildman–Crippen LogP) is 2.61. The van der Waals surface area contributed by atoms with E-state index in [0.29, 0.717) is 6.61 Å². The zero-order valence-corrected chi connectivity index (χ0v) is 8.60. The third-order valence-electron chi connectivity index (χ3n) is 1.62. The van der Waals surface area contributed by atoms with Crippen molar-refractivity contribution in [1.82, 2.24) is 0 Å². The molecule has 72 valence electrons. The standard InChI is InChI=1S/C12H18O/c1-4-6-7-8-9-10-12(3)13-11-5-2/h2,12H,4,6-7,10-11H2,1,3H3/t12-/m0/s1. The fourth-order valence-corrected chi connectivity index (χ4v) is 0.819. The molecule has 0 saturated carbocycles. The van der Waals surface area contributed by atoms with E-state index in [1.807, 2.05) is 6.92 Å². The molecule has 0 unspecified atom stereocenters. The molecule has 0 aromatic heterocycles. The van der Waals surface area contributed by atoms with Gasteiger partial charge in [-0.3, -0.25) is 0 Å². The maximum Gasteiger partial charge on any atom is 0.107 e. The van der Waals surface area contributed by atoms with Crippen LogP contribution in [-0.4, -0.2) is 12.7 Å². The number of rotatable bonds is 5. The number of hydrogen-bond donors (Lipinski definition) is 0. The second kappa shape index (κ2) is 9.17. The summed E-state index contributed by atoms with van der Waals surface area (Å²) in [6.07, 6.45) is 9.39. The summed E-state index contributed by atoms with van der Waals surface area (Å²) in [5.74, 6) is 8.64. The Bertz CT molecular complexity index is 201. The van der Waals surface area contributed by atoms with Crippen molar-refractivity contribution >= 4 is 0 Å². The van der Waals surface area contributed by atoms with Crippen molar-refractivity contribution in [1.29, 1.82) is 0 Å². The number of unbranched alkanes of at least 4 members (excludes halogenated alkanes) is 2. The minimum atomic E-state index is 0.158. The third kappa shape index (κ3) is 8.99. The summed E-state index contributed by atoms with van der Waals surface area (Å²) in [5.41, 5.74) is 0. The van der Waals surface area contributed by atoms with Gasteiger partial charge in [-0.1, -0.05) is 19.3 Å². The van der Waals surface area contributed by atoms with Gasteiger partial charge in [-0.2, -0.15) is 0 Å². The van der Waals surface area contributed by atoms with Crippen molar-refractivity contribution in [2.24, 2.45) is 0 Å². The maximum atomic E-state index is 5.26. The van der Waals surface area contributed by atoms with Crippen molar-refractivity contribution in [2.45, 2.75) is 45.6 Å². The van der Waals surface area contributed by atoms with E-state index >= 15 is 0 Å². The lowest BCUT2D eigenvalue weighted by molar-refractivity contribution is 0.0963. The van der Waals surface area contributed by atoms with Crippen molar-refractivity contribution in [3.63, 3.8) is 0 Å². The zero-order chi connectivity index (χ0) is 9.94. The summed E-state index contributed by atoms with van der Waals surface area (Å²) in [5, 5.41) is 0. The van der Waals surface area contributed by atoms with Crippen molar-refractivity contribution in [3.8, 4) is 24.2 Å². The van der Waals surface area contributed by atoms with Crippen LogP contribution in [0.2, 0.25) is 0 Å². The monoisotopic (exact) mass is 178 g/mol. The molecule has 0 rings (SSSR count). The van der Waals surface area contributed by atoms with E-state index in [1.165, 1.54) is 12.8 Å². The first-order chi connectivity index (χ1) is 6.31. The summed E-state index contributed by atoms with van der Waals surface area (Å²) in [6, 6.07) is 0. The van der Waals surface area contributed by atoms with E-state index < -0.39 is 0 Å². The van der Waals surface area contributed by atoms with Crippen LogP contribution in [0, 0.1) is 24.2 Å². The molecule has 0 aliphatic heterocycles. The third-order valence-corrected chi connectivity index (χ3v) is 1.62. The summed E-state index contributed by atoms with van der Waals surface area (Å²) < 4.78 is 5.26. The Balaban J connectivity index is 3.38. The molecule has 0 spiro atoms. The van der Waals surface area contributed by atoms with Crippen LogP contribution in [0.1, 0.15) is 39.5 Å². The fourth-order valence-electron chi connectivity index (χ4n) is 0.819. The highest BCUT2D eigenvalue weighted by Crippen LogP contribution is 1.96. The van der Waals surface area contributed by atoms with Gasteiger partial charge < -0.3 is 4.74 Å². The highest BCUT2D eigenvalue weighted by atomic mass is 16.5. The molecular formula is C12H18O. The quantitative estimate of drug-likeness (QED) is 0.464. The molecule has 0 amide bonds. The van der Waals surface area contributed by atoms with Gasteiger partial charge in [0.25, 0.3) is 0 Å². The van der Waals surface area contributed by atoms with Gasteiger partial charge in [-0.15, -0.1) is 18.3 Å². The first-order valence-corrected chi connectivity index (χ1v) is 4.82. The Morgan fingerprint density at radius 3 is 2.77 bits per heavy atom. The van der Waals surface area contributed by atoms with Gasteiger partial charge in [-0.25, -0.2) is 0 Å². The van der Waals surface area contributed by atoms with Gasteiger partial charge >= 0.3 is 0 Å². The molecule has 1 heteroatoms.